The lowest BCUT2D eigenvalue weighted by molar-refractivity contribution is 0.919. The molecular formula is C17H16NS+. The van der Waals surface area contributed by atoms with Gasteiger partial charge in [-0.3, -0.25) is 0 Å². The van der Waals surface area contributed by atoms with E-state index in [2.05, 4.69) is 90.7 Å². The molecule has 0 atom stereocenters. The molecule has 0 saturated heterocycles. The topological polar surface area (TPSA) is 4.93 Å². The Morgan fingerprint density at radius 3 is 1.63 bits per heavy atom. The minimum atomic E-state index is -0.0146. The molecule has 94 valence electrons. The number of hydrogen-bond acceptors (Lipinski definition) is 0. The lowest BCUT2D eigenvalue weighted by Gasteiger charge is -2.05. The molecule has 1 heterocycles. The molecule has 2 heteroatoms. The summed E-state index contributed by atoms with van der Waals surface area (Å²) in [5, 5.41) is 0. The van der Waals surface area contributed by atoms with Gasteiger partial charge in [-0.05, 0) is 24.3 Å². The van der Waals surface area contributed by atoms with Crippen LogP contribution < -0.4 is 0 Å². The van der Waals surface area contributed by atoms with Gasteiger partial charge in [0, 0.05) is 19.3 Å². The number of aryl methyl sites for hydroxylation is 1. The fourth-order valence-corrected chi connectivity index (χ4v) is 4.26. The van der Waals surface area contributed by atoms with Crippen LogP contribution in [-0.4, -0.2) is 4.57 Å². The van der Waals surface area contributed by atoms with Gasteiger partial charge in [-0.2, -0.15) is 0 Å². The lowest BCUT2D eigenvalue weighted by Crippen LogP contribution is -2.03. The van der Waals surface area contributed by atoms with Gasteiger partial charge in [0.25, 0.3) is 0 Å². The molecule has 19 heavy (non-hydrogen) atoms. The standard InChI is InChI=1S/C17H16NS/c1-18-13-12-17(14-18)19(15-8-4-2-5-9-15)16-10-6-3-7-11-16/h2-14H,1H3/q+1. The highest BCUT2D eigenvalue weighted by molar-refractivity contribution is 7.97. The number of hydrogen-bond donors (Lipinski definition) is 0. The first-order valence-corrected chi connectivity index (χ1v) is 7.53. The summed E-state index contributed by atoms with van der Waals surface area (Å²) in [6.07, 6.45) is 4.32. The van der Waals surface area contributed by atoms with E-state index in [9.17, 15) is 0 Å². The second-order valence-corrected chi connectivity index (χ2v) is 6.47. The van der Waals surface area contributed by atoms with Gasteiger partial charge in [0.1, 0.15) is 10.9 Å². The van der Waals surface area contributed by atoms with Crippen LogP contribution in [0.25, 0.3) is 0 Å². The predicted molar refractivity (Wildman–Crippen MR) is 80.5 cm³/mol. The Bertz CT molecular complexity index is 604. The average molecular weight is 266 g/mol. The van der Waals surface area contributed by atoms with Gasteiger partial charge in [0.05, 0.1) is 6.20 Å². The molecule has 0 amide bonds. The third kappa shape index (κ3) is 2.59. The van der Waals surface area contributed by atoms with Crippen LogP contribution >= 0.6 is 0 Å². The molecule has 0 unspecified atom stereocenters. The summed E-state index contributed by atoms with van der Waals surface area (Å²) in [5.41, 5.74) is 0. The van der Waals surface area contributed by atoms with Crippen molar-refractivity contribution in [3.8, 4) is 0 Å². The minimum Gasteiger partial charge on any atom is -0.353 e. The van der Waals surface area contributed by atoms with E-state index in [0.717, 1.165) is 0 Å². The number of nitrogens with zero attached hydrogens (tertiary/aromatic N) is 1. The van der Waals surface area contributed by atoms with Gasteiger partial charge in [-0.25, -0.2) is 0 Å². The monoisotopic (exact) mass is 266 g/mol. The largest absolute Gasteiger partial charge is 0.353 e. The average Bonchev–Trinajstić information content (AvgIpc) is 2.88. The summed E-state index contributed by atoms with van der Waals surface area (Å²) in [6, 6.07) is 23.6. The van der Waals surface area contributed by atoms with Crippen LogP contribution in [0.1, 0.15) is 0 Å². The maximum absolute atomic E-state index is 2.21. The van der Waals surface area contributed by atoms with E-state index < -0.39 is 0 Å². The van der Waals surface area contributed by atoms with Crippen molar-refractivity contribution < 1.29 is 0 Å². The summed E-state index contributed by atoms with van der Waals surface area (Å²) in [7, 11) is 2.06. The third-order valence-corrected chi connectivity index (χ3v) is 5.20. The highest BCUT2D eigenvalue weighted by Gasteiger charge is 2.28. The Balaban J connectivity index is 2.11. The Labute approximate surface area is 116 Å². The molecule has 0 aliphatic rings. The van der Waals surface area contributed by atoms with Gasteiger partial charge < -0.3 is 4.57 Å². The summed E-state index contributed by atoms with van der Waals surface area (Å²) in [4.78, 5) is 4.08. The number of rotatable bonds is 3. The molecule has 0 N–H and O–H groups in total. The van der Waals surface area contributed by atoms with Crippen molar-refractivity contribution in [2.24, 2.45) is 7.05 Å². The second kappa shape index (κ2) is 5.37. The molecule has 0 spiro atoms. The van der Waals surface area contributed by atoms with E-state index in [1.165, 1.54) is 14.7 Å². The van der Waals surface area contributed by atoms with E-state index in [1.807, 2.05) is 0 Å². The van der Waals surface area contributed by atoms with E-state index in [4.69, 9.17) is 0 Å². The first-order valence-electron chi connectivity index (χ1n) is 6.31. The Morgan fingerprint density at radius 2 is 1.21 bits per heavy atom. The van der Waals surface area contributed by atoms with Gasteiger partial charge in [-0.15, -0.1) is 0 Å². The van der Waals surface area contributed by atoms with Crippen LogP contribution in [-0.2, 0) is 17.9 Å². The fourth-order valence-electron chi connectivity index (χ4n) is 2.12. The Morgan fingerprint density at radius 1 is 0.684 bits per heavy atom. The molecule has 0 aliphatic carbocycles. The zero-order valence-electron chi connectivity index (χ0n) is 10.9. The van der Waals surface area contributed by atoms with Gasteiger partial charge >= 0.3 is 0 Å². The highest BCUT2D eigenvalue weighted by atomic mass is 32.2. The van der Waals surface area contributed by atoms with Crippen molar-refractivity contribution in [1.29, 1.82) is 0 Å². The van der Waals surface area contributed by atoms with Gasteiger partial charge in [0.2, 0.25) is 0 Å². The zero-order chi connectivity index (χ0) is 13.1. The Kier molecular flexibility index (Phi) is 3.43. The van der Waals surface area contributed by atoms with Crippen LogP contribution in [0.5, 0.6) is 0 Å². The molecule has 2 aromatic carbocycles. The molecular weight excluding hydrogens is 250 g/mol. The van der Waals surface area contributed by atoms with Crippen LogP contribution in [0.4, 0.5) is 0 Å². The molecule has 3 aromatic rings. The zero-order valence-corrected chi connectivity index (χ0v) is 11.7. The number of aromatic nitrogens is 1. The molecule has 0 bridgehead atoms. The normalized spacial score (nSPS) is 10.8. The molecule has 1 nitrogen and oxygen atoms in total. The summed E-state index contributed by atoms with van der Waals surface area (Å²) in [5.74, 6) is 0. The summed E-state index contributed by atoms with van der Waals surface area (Å²) in [6.45, 7) is 0. The predicted octanol–water partition coefficient (Wildman–Crippen LogP) is 4.12. The molecule has 1 aromatic heterocycles. The fraction of sp³-hybridized carbons (Fsp3) is 0.0588. The maximum atomic E-state index is 2.21. The highest BCUT2D eigenvalue weighted by Crippen LogP contribution is 2.30. The minimum absolute atomic E-state index is 0.0146. The smallest absolute Gasteiger partial charge is 0.184 e. The lowest BCUT2D eigenvalue weighted by atomic mass is 10.4. The molecule has 0 saturated carbocycles. The van der Waals surface area contributed by atoms with E-state index in [-0.39, 0.29) is 10.9 Å². The van der Waals surface area contributed by atoms with Crippen molar-refractivity contribution in [3.63, 3.8) is 0 Å². The van der Waals surface area contributed by atoms with Crippen molar-refractivity contribution in [2.45, 2.75) is 14.7 Å². The second-order valence-electron chi connectivity index (χ2n) is 4.44. The van der Waals surface area contributed by atoms with Crippen molar-refractivity contribution in [3.05, 3.63) is 79.1 Å². The maximum Gasteiger partial charge on any atom is 0.184 e. The Hall–Kier alpha value is -1.93. The van der Waals surface area contributed by atoms with Gasteiger partial charge in [0.15, 0.2) is 14.7 Å². The SMILES string of the molecule is Cn1ccc([S+](c2ccccc2)c2ccccc2)c1. The van der Waals surface area contributed by atoms with E-state index in [0.29, 0.717) is 0 Å². The first kappa shape index (κ1) is 12.1. The number of benzene rings is 2. The van der Waals surface area contributed by atoms with Crippen LogP contribution in [0.15, 0.2) is 93.8 Å². The van der Waals surface area contributed by atoms with Gasteiger partial charge in [-0.1, -0.05) is 36.4 Å². The van der Waals surface area contributed by atoms with E-state index >= 15 is 0 Å². The van der Waals surface area contributed by atoms with Crippen molar-refractivity contribution in [2.75, 3.05) is 0 Å². The molecule has 3 rings (SSSR count). The van der Waals surface area contributed by atoms with Crippen LogP contribution in [0, 0.1) is 0 Å². The summed E-state index contributed by atoms with van der Waals surface area (Å²) < 4.78 is 2.11. The van der Waals surface area contributed by atoms with Crippen molar-refractivity contribution >= 4 is 10.9 Å². The molecule has 0 radical (unpaired) electrons. The molecule has 0 fully saturated rings. The van der Waals surface area contributed by atoms with Crippen LogP contribution in [0.3, 0.4) is 0 Å². The van der Waals surface area contributed by atoms with E-state index in [1.54, 1.807) is 0 Å². The molecule has 0 aliphatic heterocycles. The quantitative estimate of drug-likeness (QED) is 0.628. The summed E-state index contributed by atoms with van der Waals surface area (Å²) >= 11 is 0. The van der Waals surface area contributed by atoms with Crippen molar-refractivity contribution in [1.82, 2.24) is 4.57 Å². The third-order valence-electron chi connectivity index (χ3n) is 3.00. The first-order chi connectivity index (χ1) is 9.34. The van der Waals surface area contributed by atoms with Crippen LogP contribution in [0.2, 0.25) is 0 Å².